The smallest absolute Gasteiger partial charge is 0.244 e. The van der Waals surface area contributed by atoms with Gasteiger partial charge in [-0.2, -0.15) is 4.98 Å². The molecule has 5 nitrogen and oxygen atoms in total. The third-order valence-corrected chi connectivity index (χ3v) is 4.71. The van der Waals surface area contributed by atoms with E-state index in [-0.39, 0.29) is 6.04 Å². The van der Waals surface area contributed by atoms with E-state index >= 15 is 0 Å². The minimum absolute atomic E-state index is 0.168. The molecule has 0 unspecified atom stereocenters. The van der Waals surface area contributed by atoms with Crippen LogP contribution in [0.15, 0.2) is 53.2 Å². The number of hydrogen-bond acceptors (Lipinski definition) is 5. The van der Waals surface area contributed by atoms with Crippen LogP contribution < -0.4 is 0 Å². The number of aromatic nitrogens is 3. The molecule has 1 atom stereocenters. The van der Waals surface area contributed by atoms with Gasteiger partial charge in [-0.25, -0.2) is 0 Å². The fourth-order valence-electron chi connectivity index (χ4n) is 3.43. The lowest BCUT2D eigenvalue weighted by molar-refractivity contribution is 0.110. The zero-order valence-corrected chi connectivity index (χ0v) is 14.4. The van der Waals surface area contributed by atoms with E-state index in [1.165, 1.54) is 18.4 Å². The summed E-state index contributed by atoms with van der Waals surface area (Å²) in [6, 6.07) is 14.4. The SMILES string of the molecule is Cc1cccc(-c2noc([C@@H]3CCCCN3Cc3ccccn3)n2)c1. The second-order valence-electron chi connectivity index (χ2n) is 6.63. The maximum Gasteiger partial charge on any atom is 0.244 e. The number of likely N-dealkylation sites (tertiary alicyclic amines) is 1. The second-order valence-corrected chi connectivity index (χ2v) is 6.63. The highest BCUT2D eigenvalue weighted by Gasteiger charge is 2.29. The summed E-state index contributed by atoms with van der Waals surface area (Å²) in [5.74, 6) is 1.38. The molecule has 1 fully saturated rings. The summed E-state index contributed by atoms with van der Waals surface area (Å²) in [6.45, 7) is 3.91. The van der Waals surface area contributed by atoms with Crippen LogP contribution in [0.25, 0.3) is 11.4 Å². The van der Waals surface area contributed by atoms with Crippen molar-refractivity contribution in [1.29, 1.82) is 0 Å². The van der Waals surface area contributed by atoms with E-state index < -0.39 is 0 Å². The fourth-order valence-corrected chi connectivity index (χ4v) is 3.43. The van der Waals surface area contributed by atoms with Crippen molar-refractivity contribution in [1.82, 2.24) is 20.0 Å². The minimum atomic E-state index is 0.168. The Hall–Kier alpha value is -2.53. The topological polar surface area (TPSA) is 55.1 Å². The average molecular weight is 334 g/mol. The lowest BCUT2D eigenvalue weighted by Crippen LogP contribution is -2.33. The highest BCUT2D eigenvalue weighted by atomic mass is 16.5. The molecule has 0 amide bonds. The van der Waals surface area contributed by atoms with Gasteiger partial charge < -0.3 is 4.52 Å². The van der Waals surface area contributed by atoms with E-state index in [9.17, 15) is 0 Å². The number of pyridine rings is 1. The van der Waals surface area contributed by atoms with Crippen LogP contribution in [0.1, 0.15) is 42.5 Å². The van der Waals surface area contributed by atoms with Gasteiger partial charge in [0.05, 0.1) is 11.7 Å². The van der Waals surface area contributed by atoms with Crippen molar-refractivity contribution in [3.63, 3.8) is 0 Å². The van der Waals surface area contributed by atoms with Crippen LogP contribution in [0, 0.1) is 6.92 Å². The summed E-state index contributed by atoms with van der Waals surface area (Å²) in [5, 5.41) is 4.22. The largest absolute Gasteiger partial charge is 0.337 e. The van der Waals surface area contributed by atoms with Crippen molar-refractivity contribution in [2.24, 2.45) is 0 Å². The van der Waals surface area contributed by atoms with Gasteiger partial charge in [0.2, 0.25) is 11.7 Å². The first-order valence-corrected chi connectivity index (χ1v) is 8.84. The molecule has 1 aromatic carbocycles. The van der Waals surface area contributed by atoms with Gasteiger partial charge in [0.15, 0.2) is 0 Å². The molecule has 3 heterocycles. The molecule has 128 valence electrons. The van der Waals surface area contributed by atoms with Crippen LogP contribution in [0.2, 0.25) is 0 Å². The second kappa shape index (κ2) is 7.15. The Morgan fingerprint density at radius 1 is 1.16 bits per heavy atom. The number of benzene rings is 1. The number of nitrogens with zero attached hydrogens (tertiary/aromatic N) is 4. The molecule has 5 heteroatoms. The number of hydrogen-bond donors (Lipinski definition) is 0. The van der Waals surface area contributed by atoms with Crippen LogP contribution in [-0.4, -0.2) is 26.6 Å². The normalized spacial score (nSPS) is 18.4. The van der Waals surface area contributed by atoms with E-state index in [4.69, 9.17) is 9.51 Å². The van der Waals surface area contributed by atoms with Crippen LogP contribution >= 0.6 is 0 Å². The first-order valence-electron chi connectivity index (χ1n) is 8.84. The maximum absolute atomic E-state index is 5.64. The summed E-state index contributed by atoms with van der Waals surface area (Å²) < 4.78 is 5.64. The predicted octanol–water partition coefficient (Wildman–Crippen LogP) is 4.17. The Morgan fingerprint density at radius 3 is 2.96 bits per heavy atom. The first-order chi connectivity index (χ1) is 12.3. The molecule has 0 bridgehead atoms. The van der Waals surface area contributed by atoms with Gasteiger partial charge in [-0.1, -0.05) is 41.4 Å². The summed E-state index contributed by atoms with van der Waals surface area (Å²) in [7, 11) is 0. The van der Waals surface area contributed by atoms with Gasteiger partial charge in [0, 0.05) is 18.3 Å². The fraction of sp³-hybridized carbons (Fsp3) is 0.350. The number of aryl methyl sites for hydroxylation is 1. The van der Waals surface area contributed by atoms with Gasteiger partial charge in [-0.05, 0) is 44.5 Å². The molecular weight excluding hydrogens is 312 g/mol. The molecule has 2 aromatic heterocycles. The summed E-state index contributed by atoms with van der Waals surface area (Å²) in [5.41, 5.74) is 3.27. The van der Waals surface area contributed by atoms with Crippen molar-refractivity contribution >= 4 is 0 Å². The molecule has 1 aliphatic heterocycles. The van der Waals surface area contributed by atoms with Crippen molar-refractivity contribution in [3.05, 3.63) is 65.8 Å². The molecule has 1 saturated heterocycles. The average Bonchev–Trinajstić information content (AvgIpc) is 3.13. The Bertz CT molecular complexity index is 830. The van der Waals surface area contributed by atoms with E-state index in [0.29, 0.717) is 11.7 Å². The van der Waals surface area contributed by atoms with Gasteiger partial charge >= 0.3 is 0 Å². The van der Waals surface area contributed by atoms with Crippen molar-refractivity contribution < 1.29 is 4.52 Å². The molecule has 0 aliphatic carbocycles. The monoisotopic (exact) mass is 334 g/mol. The minimum Gasteiger partial charge on any atom is -0.337 e. The Kier molecular flexibility index (Phi) is 4.57. The Labute approximate surface area is 147 Å². The van der Waals surface area contributed by atoms with Gasteiger partial charge in [-0.15, -0.1) is 0 Å². The molecule has 0 saturated carbocycles. The maximum atomic E-state index is 5.64. The molecule has 0 radical (unpaired) electrons. The highest BCUT2D eigenvalue weighted by Crippen LogP contribution is 2.32. The summed E-state index contributed by atoms with van der Waals surface area (Å²) >= 11 is 0. The molecule has 1 aliphatic rings. The van der Waals surface area contributed by atoms with Crippen LogP contribution in [0.5, 0.6) is 0 Å². The molecule has 25 heavy (non-hydrogen) atoms. The molecular formula is C20H22N4O. The van der Waals surface area contributed by atoms with Gasteiger partial charge in [0.25, 0.3) is 0 Å². The van der Waals surface area contributed by atoms with E-state index in [0.717, 1.165) is 30.8 Å². The predicted molar refractivity (Wildman–Crippen MR) is 95.7 cm³/mol. The molecule has 4 rings (SSSR count). The van der Waals surface area contributed by atoms with Crippen molar-refractivity contribution in [2.75, 3.05) is 6.54 Å². The third kappa shape index (κ3) is 3.61. The zero-order valence-electron chi connectivity index (χ0n) is 14.4. The van der Waals surface area contributed by atoms with E-state index in [2.05, 4.69) is 40.2 Å². The molecule has 3 aromatic rings. The van der Waals surface area contributed by atoms with Crippen LogP contribution in [0.3, 0.4) is 0 Å². The quantitative estimate of drug-likeness (QED) is 0.717. The van der Waals surface area contributed by atoms with Crippen molar-refractivity contribution in [2.45, 2.75) is 38.8 Å². The molecule has 0 N–H and O–H groups in total. The van der Waals surface area contributed by atoms with Gasteiger partial charge in [0.1, 0.15) is 0 Å². The van der Waals surface area contributed by atoms with Gasteiger partial charge in [-0.3, -0.25) is 9.88 Å². The van der Waals surface area contributed by atoms with E-state index in [1.54, 1.807) is 0 Å². The van der Waals surface area contributed by atoms with Crippen molar-refractivity contribution in [3.8, 4) is 11.4 Å². The lowest BCUT2D eigenvalue weighted by atomic mass is 10.0. The van der Waals surface area contributed by atoms with Crippen LogP contribution in [0.4, 0.5) is 0 Å². The number of piperidine rings is 1. The molecule has 0 spiro atoms. The standard InChI is InChI=1S/C20H22N4O/c1-15-7-6-8-16(13-15)19-22-20(25-23-19)18-10-3-5-12-24(18)14-17-9-2-4-11-21-17/h2,4,6-9,11,13,18H,3,5,10,12,14H2,1H3/t18-/m0/s1. The first kappa shape index (κ1) is 16.0. The van der Waals surface area contributed by atoms with E-state index in [1.807, 2.05) is 30.5 Å². The Balaban J connectivity index is 1.57. The van der Waals surface area contributed by atoms with Crippen LogP contribution in [-0.2, 0) is 6.54 Å². The number of rotatable bonds is 4. The highest BCUT2D eigenvalue weighted by molar-refractivity contribution is 5.55. The Morgan fingerprint density at radius 2 is 2.12 bits per heavy atom. The summed E-state index contributed by atoms with van der Waals surface area (Å²) in [4.78, 5) is 11.6. The lowest BCUT2D eigenvalue weighted by Gasteiger charge is -2.32. The zero-order chi connectivity index (χ0) is 17.1. The third-order valence-electron chi connectivity index (χ3n) is 4.71. The summed E-state index contributed by atoms with van der Waals surface area (Å²) in [6.07, 6.45) is 5.27.